The summed E-state index contributed by atoms with van der Waals surface area (Å²) in [5.74, 6) is 0. The van der Waals surface area contributed by atoms with Crippen LogP contribution < -0.4 is 0 Å². The highest BCUT2D eigenvalue weighted by atomic mass is 31.2. The van der Waals surface area contributed by atoms with Gasteiger partial charge in [0.05, 0.1) is 25.8 Å². The molecule has 13 heteroatoms. The second-order valence-corrected chi connectivity index (χ2v) is 6.40. The second kappa shape index (κ2) is 5.73. The van der Waals surface area contributed by atoms with Crippen molar-refractivity contribution in [3.8, 4) is 0 Å². The molecule has 22 heavy (non-hydrogen) atoms. The molecule has 0 aromatic carbocycles. The van der Waals surface area contributed by atoms with Crippen LogP contribution >= 0.6 is 7.82 Å². The molecule has 3 aliphatic heterocycles. The predicted molar refractivity (Wildman–Crippen MR) is 67.7 cm³/mol. The zero-order valence-corrected chi connectivity index (χ0v) is 12.1. The van der Waals surface area contributed by atoms with Gasteiger partial charge in [0.15, 0.2) is 12.2 Å². The van der Waals surface area contributed by atoms with Crippen molar-refractivity contribution in [1.82, 2.24) is 0 Å². The first-order valence-electron chi connectivity index (χ1n) is 6.39. The van der Waals surface area contributed by atoms with E-state index in [0.717, 1.165) is 0 Å². The monoisotopic (exact) mass is 331 g/mol. The van der Waals surface area contributed by atoms with Crippen molar-refractivity contribution >= 4 is 21.8 Å². The number of fused-ring (bicyclic) bond motifs is 1. The van der Waals surface area contributed by atoms with E-state index < -0.39 is 44.5 Å². The lowest BCUT2D eigenvalue weighted by Crippen LogP contribution is -2.44. The smallest absolute Gasteiger partial charge is 0.425 e. The quantitative estimate of drug-likeness (QED) is 0.185. The van der Waals surface area contributed by atoms with Crippen LogP contribution in [0.4, 0.5) is 4.79 Å². The van der Waals surface area contributed by atoms with Crippen molar-refractivity contribution < 1.29 is 37.1 Å². The third-order valence-electron chi connectivity index (χ3n) is 3.29. The molecule has 3 rings (SSSR count). The summed E-state index contributed by atoms with van der Waals surface area (Å²) < 4.78 is 42.3. The molecular weight excluding hydrogens is 320 g/mol. The number of carbonyl (C=O) groups excluding carboxylic acids is 1. The van der Waals surface area contributed by atoms with Gasteiger partial charge in [-0.3, -0.25) is 13.6 Å². The Morgan fingerprint density at radius 1 is 1.45 bits per heavy atom. The minimum atomic E-state index is -3.79. The van der Waals surface area contributed by atoms with E-state index >= 15 is 0 Å². The predicted octanol–water partition coefficient (Wildman–Crippen LogP) is 0.983. The average Bonchev–Trinajstić information content (AvgIpc) is 2.98. The number of phosphoric acid groups is 1. The van der Waals surface area contributed by atoms with Gasteiger partial charge in [0.1, 0.15) is 7.85 Å². The molecule has 3 heterocycles. The van der Waals surface area contributed by atoms with Crippen LogP contribution in [0.1, 0.15) is 6.42 Å². The van der Waals surface area contributed by atoms with E-state index in [9.17, 15) is 9.36 Å². The first-order chi connectivity index (χ1) is 10.5. The van der Waals surface area contributed by atoms with Gasteiger partial charge in [-0.15, -0.1) is 0 Å². The maximum atomic E-state index is 12.1. The summed E-state index contributed by atoms with van der Waals surface area (Å²) in [4.78, 5) is 13.9. The number of azide groups is 1. The van der Waals surface area contributed by atoms with Crippen LogP contribution in [0, 0.1) is 0 Å². The molecule has 0 aromatic heterocycles. The lowest BCUT2D eigenvalue weighted by molar-refractivity contribution is -0.0976. The molecule has 4 atom stereocenters. The Balaban J connectivity index is 1.79. The number of rotatable bonds is 4. The summed E-state index contributed by atoms with van der Waals surface area (Å²) in [6.45, 7) is -0.132. The number of hydrogen-bond donors (Lipinski definition) is 0. The molecule has 0 N–H and O–H groups in total. The minimum absolute atomic E-state index is 0.205. The Labute approximate surface area is 125 Å². The minimum Gasteiger partial charge on any atom is -0.425 e. The molecule has 0 bridgehead atoms. The van der Waals surface area contributed by atoms with Gasteiger partial charge in [0.2, 0.25) is 5.72 Å². The third kappa shape index (κ3) is 2.69. The Hall–Kier alpha value is -1.29. The van der Waals surface area contributed by atoms with Crippen molar-refractivity contribution in [2.45, 2.75) is 30.4 Å². The lowest BCUT2D eigenvalue weighted by Gasteiger charge is -2.29. The number of ether oxygens (including phenoxy) is 3. The molecule has 3 fully saturated rings. The molecule has 118 valence electrons. The largest absolute Gasteiger partial charge is 0.509 e. The molecular formula is C9H11BN3O8P. The fourth-order valence-electron chi connectivity index (χ4n) is 2.33. The van der Waals surface area contributed by atoms with Gasteiger partial charge in [-0.05, 0) is 12.0 Å². The van der Waals surface area contributed by atoms with Crippen LogP contribution in [0.5, 0.6) is 0 Å². The van der Waals surface area contributed by atoms with E-state index in [2.05, 4.69) is 10.0 Å². The van der Waals surface area contributed by atoms with Crippen LogP contribution in [0.25, 0.3) is 10.4 Å². The Kier molecular flexibility index (Phi) is 4.06. The first kappa shape index (κ1) is 15.6. The third-order valence-corrected chi connectivity index (χ3v) is 4.74. The normalized spacial score (nSPS) is 39.5. The average molecular weight is 331 g/mol. The number of nitrogens with zero attached hydrogens (tertiary/aromatic N) is 3. The molecule has 3 aliphatic rings. The van der Waals surface area contributed by atoms with Crippen LogP contribution in [-0.2, 0) is 32.3 Å². The zero-order chi connectivity index (χ0) is 15.8. The Morgan fingerprint density at radius 3 is 2.86 bits per heavy atom. The van der Waals surface area contributed by atoms with Gasteiger partial charge in [-0.25, -0.2) is 9.36 Å². The molecule has 11 nitrogen and oxygen atoms in total. The molecule has 0 amide bonds. The Bertz CT molecular complexity index is 561. The van der Waals surface area contributed by atoms with Crippen molar-refractivity contribution in [2.75, 3.05) is 19.8 Å². The lowest BCUT2D eigenvalue weighted by atomic mass is 9.92. The van der Waals surface area contributed by atoms with E-state index in [4.69, 9.17) is 41.2 Å². The van der Waals surface area contributed by atoms with Gasteiger partial charge in [-0.1, -0.05) is 5.11 Å². The van der Waals surface area contributed by atoms with Crippen molar-refractivity contribution in [3.05, 3.63) is 10.4 Å². The summed E-state index contributed by atoms with van der Waals surface area (Å²) in [5.41, 5.74) is 6.92. The summed E-state index contributed by atoms with van der Waals surface area (Å²) >= 11 is 0. The topological polar surface area (TPSA) is 138 Å². The fourth-order valence-corrected chi connectivity index (χ4v) is 3.60. The maximum absolute atomic E-state index is 12.1. The maximum Gasteiger partial charge on any atom is 0.509 e. The first-order valence-corrected chi connectivity index (χ1v) is 7.85. The fraction of sp³-hybridized carbons (Fsp3) is 0.889. The molecule has 0 saturated carbocycles. The summed E-state index contributed by atoms with van der Waals surface area (Å²) in [7, 11) is 1.89. The van der Waals surface area contributed by atoms with E-state index in [1.807, 2.05) is 0 Å². The molecule has 0 aromatic rings. The van der Waals surface area contributed by atoms with Gasteiger partial charge in [-0.2, -0.15) is 0 Å². The van der Waals surface area contributed by atoms with E-state index in [0.29, 0.717) is 6.42 Å². The van der Waals surface area contributed by atoms with Crippen molar-refractivity contribution in [2.24, 2.45) is 5.11 Å². The van der Waals surface area contributed by atoms with Gasteiger partial charge >= 0.3 is 14.0 Å². The summed E-state index contributed by atoms with van der Waals surface area (Å²) in [6, 6.07) is -1.08. The summed E-state index contributed by atoms with van der Waals surface area (Å²) in [5, 5.41) is 3.46. The number of hydrogen-bond acceptors (Lipinski definition) is 9. The highest BCUT2D eigenvalue weighted by Crippen LogP contribution is 2.53. The van der Waals surface area contributed by atoms with Crippen molar-refractivity contribution in [3.63, 3.8) is 0 Å². The number of phosphoric ester groups is 1. The highest BCUT2D eigenvalue weighted by molar-refractivity contribution is 7.48. The van der Waals surface area contributed by atoms with Gasteiger partial charge in [0.25, 0.3) is 0 Å². The second-order valence-electron chi connectivity index (χ2n) is 4.73. The van der Waals surface area contributed by atoms with Crippen molar-refractivity contribution in [1.29, 1.82) is 0 Å². The highest BCUT2D eigenvalue weighted by Gasteiger charge is 2.62. The van der Waals surface area contributed by atoms with Gasteiger partial charge < -0.3 is 14.2 Å². The van der Waals surface area contributed by atoms with Crippen LogP contribution in [0.15, 0.2) is 5.11 Å². The zero-order valence-electron chi connectivity index (χ0n) is 11.2. The van der Waals surface area contributed by atoms with Gasteiger partial charge in [0, 0.05) is 4.91 Å². The SMILES string of the molecule is [B][C@@H]1O[C@@](COP2(=O)OCCCO2)(N=[N+]=[N-])[C@H]2OC(=O)O[C@@H]12. The van der Waals surface area contributed by atoms with E-state index in [1.165, 1.54) is 0 Å². The molecule has 2 radical (unpaired) electrons. The molecule has 0 aliphatic carbocycles. The standard InChI is InChI=1S/C9H11BN3O8P/c10-7-5-6(20-8(14)19-5)9(21-7,12-13-11)4-18-22(15)16-2-1-3-17-22/h5-7H,1-4H2/t5-,6+,7-,9-/m1/s1. The number of carbonyl (C=O) groups is 1. The van der Waals surface area contributed by atoms with Crippen LogP contribution in [-0.4, -0.2) is 57.8 Å². The van der Waals surface area contributed by atoms with Crippen LogP contribution in [0.3, 0.4) is 0 Å². The summed E-state index contributed by atoms with van der Waals surface area (Å²) in [6.07, 6.45) is -2.48. The van der Waals surface area contributed by atoms with E-state index in [-0.39, 0.29) is 13.2 Å². The molecule has 0 spiro atoms. The van der Waals surface area contributed by atoms with E-state index in [1.54, 1.807) is 0 Å². The molecule has 0 unspecified atom stereocenters. The van der Waals surface area contributed by atoms with Crippen LogP contribution in [0.2, 0.25) is 0 Å². The molecule has 3 saturated heterocycles. The Morgan fingerprint density at radius 2 is 2.18 bits per heavy atom.